The zero-order valence-corrected chi connectivity index (χ0v) is 22.0. The van der Waals surface area contributed by atoms with E-state index in [2.05, 4.69) is 20.8 Å². The number of fused-ring (bicyclic) bond motifs is 1. The normalized spacial score (nSPS) is 12.4. The van der Waals surface area contributed by atoms with Gasteiger partial charge in [0.1, 0.15) is 11.6 Å². The van der Waals surface area contributed by atoms with Crippen LogP contribution >= 0.6 is 0 Å². The maximum absolute atomic E-state index is 13.8. The number of aryl methyl sites for hydroxylation is 1. The molecular weight excluding hydrogens is 450 g/mol. The minimum atomic E-state index is -0.473. The topological polar surface area (TPSA) is 64.4 Å². The first-order chi connectivity index (χ1) is 17.0. The molecule has 1 amide bonds. The quantitative estimate of drug-likeness (QED) is 0.358. The van der Waals surface area contributed by atoms with Crippen LogP contribution in [0, 0.1) is 6.92 Å². The number of rotatable bonds is 5. The zero-order valence-electron chi connectivity index (χ0n) is 22.0. The van der Waals surface area contributed by atoms with Crippen LogP contribution in [-0.4, -0.2) is 34.5 Å². The number of hydrogen-bond donors (Lipinski definition) is 0. The van der Waals surface area contributed by atoms with E-state index in [1.165, 1.54) is 0 Å². The van der Waals surface area contributed by atoms with Crippen molar-refractivity contribution in [2.45, 2.75) is 46.1 Å². The van der Waals surface area contributed by atoms with Gasteiger partial charge in [-0.25, -0.2) is 4.98 Å². The number of carbonyl (C=O) groups excluding carboxylic acids is 1. The summed E-state index contributed by atoms with van der Waals surface area (Å²) in [5.74, 6) is 1.05. The van der Waals surface area contributed by atoms with Crippen molar-refractivity contribution in [1.82, 2.24) is 14.5 Å². The highest BCUT2D eigenvalue weighted by Crippen LogP contribution is 2.26. The molecule has 4 aromatic rings. The van der Waals surface area contributed by atoms with E-state index in [4.69, 9.17) is 9.72 Å². The summed E-state index contributed by atoms with van der Waals surface area (Å²) in [5, 5.41) is 0.566. The fraction of sp³-hybridized carbons (Fsp3) is 0.300. The molecule has 0 N–H and O–H groups in total. The Labute approximate surface area is 212 Å². The fourth-order valence-corrected chi connectivity index (χ4v) is 4.34. The van der Waals surface area contributed by atoms with Gasteiger partial charge in [-0.05, 0) is 72.9 Å². The monoisotopic (exact) mass is 483 g/mol. The Hall–Kier alpha value is -3.93. The van der Waals surface area contributed by atoms with Crippen LogP contribution in [0.2, 0.25) is 0 Å². The van der Waals surface area contributed by atoms with Gasteiger partial charge in [-0.3, -0.25) is 14.2 Å². The highest BCUT2D eigenvalue weighted by Gasteiger charge is 2.26. The summed E-state index contributed by atoms with van der Waals surface area (Å²) in [4.78, 5) is 33.8. The van der Waals surface area contributed by atoms with Gasteiger partial charge in [-0.1, -0.05) is 45.0 Å². The molecule has 1 unspecified atom stereocenters. The molecule has 1 heterocycles. The van der Waals surface area contributed by atoms with Crippen LogP contribution in [0.3, 0.4) is 0 Å². The summed E-state index contributed by atoms with van der Waals surface area (Å²) in [6, 6.07) is 20.2. The molecular formula is C30H33N3O3. The third kappa shape index (κ3) is 4.63. The standard InChI is InChI=1S/C30H33N3O3/c1-19-9-8-10-25-26(19)29(35)33(23-15-17-24(36-7)18-16-23)27(31-25)20(2)32(6)28(34)21-11-13-22(14-12-21)30(3,4)5/h8-18,20H,1-7H3. The number of nitrogens with zero attached hydrogens (tertiary/aromatic N) is 3. The number of carbonyl (C=O) groups is 1. The average molecular weight is 484 g/mol. The first-order valence-electron chi connectivity index (χ1n) is 12.1. The molecule has 0 bridgehead atoms. The Bertz CT molecular complexity index is 1460. The second kappa shape index (κ2) is 9.61. The average Bonchev–Trinajstić information content (AvgIpc) is 2.87. The van der Waals surface area contributed by atoms with Gasteiger partial charge in [0.2, 0.25) is 0 Å². The van der Waals surface area contributed by atoms with Crippen molar-refractivity contribution in [2.75, 3.05) is 14.2 Å². The first kappa shape index (κ1) is 25.2. The van der Waals surface area contributed by atoms with Crippen LogP contribution < -0.4 is 10.3 Å². The molecule has 3 aromatic carbocycles. The lowest BCUT2D eigenvalue weighted by atomic mass is 9.86. The molecule has 0 aliphatic rings. The molecule has 0 saturated carbocycles. The Morgan fingerprint density at radius 3 is 2.22 bits per heavy atom. The van der Waals surface area contributed by atoms with Crippen LogP contribution in [-0.2, 0) is 5.41 Å². The summed E-state index contributed by atoms with van der Waals surface area (Å²) < 4.78 is 6.90. The highest BCUT2D eigenvalue weighted by atomic mass is 16.5. The van der Waals surface area contributed by atoms with Crippen LogP contribution in [0.15, 0.2) is 71.5 Å². The van der Waals surface area contributed by atoms with Crippen molar-refractivity contribution in [1.29, 1.82) is 0 Å². The van der Waals surface area contributed by atoms with Crippen LogP contribution in [0.25, 0.3) is 16.6 Å². The second-order valence-corrected chi connectivity index (χ2v) is 10.2. The number of amides is 1. The molecule has 1 atom stereocenters. The highest BCUT2D eigenvalue weighted by molar-refractivity contribution is 5.94. The maximum Gasteiger partial charge on any atom is 0.266 e. The molecule has 0 radical (unpaired) electrons. The molecule has 0 saturated heterocycles. The molecule has 1 aromatic heterocycles. The molecule has 186 valence electrons. The summed E-state index contributed by atoms with van der Waals surface area (Å²) in [6.45, 7) is 10.2. The summed E-state index contributed by atoms with van der Waals surface area (Å²) >= 11 is 0. The van der Waals surface area contributed by atoms with Crippen molar-refractivity contribution < 1.29 is 9.53 Å². The molecule has 4 rings (SSSR count). The van der Waals surface area contributed by atoms with E-state index in [1.807, 2.05) is 80.6 Å². The zero-order chi connectivity index (χ0) is 26.2. The van der Waals surface area contributed by atoms with Gasteiger partial charge in [0.25, 0.3) is 11.5 Å². The van der Waals surface area contributed by atoms with E-state index in [9.17, 15) is 9.59 Å². The van der Waals surface area contributed by atoms with Gasteiger partial charge in [0.05, 0.1) is 29.7 Å². The van der Waals surface area contributed by atoms with E-state index in [0.29, 0.717) is 33.7 Å². The minimum Gasteiger partial charge on any atom is -0.497 e. The third-order valence-corrected chi connectivity index (χ3v) is 6.74. The number of aromatic nitrogens is 2. The van der Waals surface area contributed by atoms with Crippen molar-refractivity contribution >= 4 is 16.8 Å². The van der Waals surface area contributed by atoms with E-state index in [-0.39, 0.29) is 16.9 Å². The Kier molecular flexibility index (Phi) is 6.72. The van der Waals surface area contributed by atoms with Gasteiger partial charge in [-0.15, -0.1) is 0 Å². The van der Waals surface area contributed by atoms with Crippen molar-refractivity contribution in [3.05, 3.63) is 99.6 Å². The second-order valence-electron chi connectivity index (χ2n) is 10.2. The Morgan fingerprint density at radius 1 is 1.00 bits per heavy atom. The lowest BCUT2D eigenvalue weighted by molar-refractivity contribution is 0.0735. The van der Waals surface area contributed by atoms with E-state index < -0.39 is 6.04 Å². The van der Waals surface area contributed by atoms with Gasteiger partial charge in [-0.2, -0.15) is 0 Å². The molecule has 0 aliphatic carbocycles. The smallest absolute Gasteiger partial charge is 0.266 e. The molecule has 36 heavy (non-hydrogen) atoms. The first-order valence-corrected chi connectivity index (χ1v) is 12.1. The summed E-state index contributed by atoms with van der Waals surface area (Å²) in [5.41, 5.74) is 3.72. The largest absolute Gasteiger partial charge is 0.497 e. The van der Waals surface area contributed by atoms with Crippen LogP contribution in [0.1, 0.15) is 61.0 Å². The molecule has 0 spiro atoms. The molecule has 6 heteroatoms. The molecule has 0 aliphatic heterocycles. The molecule has 6 nitrogen and oxygen atoms in total. The van der Waals surface area contributed by atoms with Crippen LogP contribution in [0.4, 0.5) is 0 Å². The van der Waals surface area contributed by atoms with Crippen molar-refractivity contribution in [3.63, 3.8) is 0 Å². The predicted octanol–water partition coefficient (Wildman–Crippen LogP) is 5.83. The Morgan fingerprint density at radius 2 is 1.64 bits per heavy atom. The lowest BCUT2D eigenvalue weighted by Crippen LogP contribution is -2.35. The van der Waals surface area contributed by atoms with E-state index in [1.54, 1.807) is 23.6 Å². The van der Waals surface area contributed by atoms with Gasteiger partial charge in [0, 0.05) is 12.6 Å². The summed E-state index contributed by atoms with van der Waals surface area (Å²) in [6.07, 6.45) is 0. The van der Waals surface area contributed by atoms with Gasteiger partial charge in [0.15, 0.2) is 0 Å². The van der Waals surface area contributed by atoms with Gasteiger partial charge >= 0.3 is 0 Å². The predicted molar refractivity (Wildman–Crippen MR) is 144 cm³/mol. The maximum atomic E-state index is 13.8. The number of methoxy groups -OCH3 is 1. The third-order valence-electron chi connectivity index (χ3n) is 6.74. The molecule has 0 fully saturated rings. The Balaban J connectivity index is 1.82. The van der Waals surface area contributed by atoms with E-state index in [0.717, 1.165) is 11.1 Å². The minimum absolute atomic E-state index is 0.00233. The lowest BCUT2D eigenvalue weighted by Gasteiger charge is -2.27. The van der Waals surface area contributed by atoms with Gasteiger partial charge < -0.3 is 9.64 Å². The SMILES string of the molecule is COc1ccc(-n2c(C(C)N(C)C(=O)c3ccc(C(C)(C)C)cc3)nc3cccc(C)c3c2=O)cc1. The van der Waals surface area contributed by atoms with E-state index >= 15 is 0 Å². The van der Waals surface area contributed by atoms with Crippen molar-refractivity contribution in [2.24, 2.45) is 0 Å². The van der Waals surface area contributed by atoms with Crippen molar-refractivity contribution in [3.8, 4) is 11.4 Å². The van der Waals surface area contributed by atoms with Crippen LogP contribution in [0.5, 0.6) is 5.75 Å². The fourth-order valence-electron chi connectivity index (χ4n) is 4.34. The number of hydrogen-bond acceptors (Lipinski definition) is 4. The summed E-state index contributed by atoms with van der Waals surface area (Å²) in [7, 11) is 3.35. The number of benzene rings is 3. The number of ether oxygens (including phenoxy) is 1.